The first-order chi connectivity index (χ1) is 7.68. The number of aromatic nitrogens is 2. The van der Waals surface area contributed by atoms with Crippen molar-refractivity contribution >= 4 is 11.5 Å². The Morgan fingerprint density at radius 1 is 1.31 bits per heavy atom. The molecule has 2 aromatic rings. The molecule has 2 aromatic heterocycles. The van der Waals surface area contributed by atoms with Crippen molar-refractivity contribution in [1.82, 2.24) is 9.55 Å². The Hall–Kier alpha value is -2.43. The van der Waals surface area contributed by atoms with Crippen molar-refractivity contribution in [2.75, 3.05) is 5.73 Å². The number of nitrogens with one attached hydrogen (secondary N) is 2. The Bertz CT molecular complexity index is 585. The molecule has 4 N–H and O–H groups in total. The van der Waals surface area contributed by atoms with Gasteiger partial charge in [-0.3, -0.25) is 20.4 Å². The number of nitrogen functional groups attached to an aromatic ring is 1. The van der Waals surface area contributed by atoms with Crippen molar-refractivity contribution < 1.29 is 0 Å². The first-order valence-electron chi connectivity index (χ1n) is 4.70. The van der Waals surface area contributed by atoms with Crippen LogP contribution in [0, 0.1) is 10.8 Å². The maximum atomic E-state index is 7.96. The van der Waals surface area contributed by atoms with Gasteiger partial charge in [0.25, 0.3) is 0 Å². The molecule has 2 heterocycles. The van der Waals surface area contributed by atoms with Gasteiger partial charge in [0, 0.05) is 24.2 Å². The molecule has 0 bridgehead atoms. The first kappa shape index (κ1) is 10.1. The van der Waals surface area contributed by atoms with Gasteiger partial charge < -0.3 is 5.73 Å². The number of nitrogens with two attached hydrogens (primary N) is 1. The van der Waals surface area contributed by atoms with Crippen LogP contribution in [0.2, 0.25) is 0 Å². The summed E-state index contributed by atoms with van der Waals surface area (Å²) in [5, 5.41) is 15.6. The van der Waals surface area contributed by atoms with E-state index in [9.17, 15) is 0 Å². The van der Waals surface area contributed by atoms with Gasteiger partial charge in [-0.15, -0.1) is 0 Å². The van der Waals surface area contributed by atoms with E-state index < -0.39 is 0 Å². The Kier molecular flexibility index (Phi) is 2.51. The van der Waals surface area contributed by atoms with E-state index in [1.54, 1.807) is 36.7 Å². The summed E-state index contributed by atoms with van der Waals surface area (Å²) in [6.45, 7) is 0. The molecule has 0 saturated carbocycles. The molecule has 2 rings (SSSR count). The second kappa shape index (κ2) is 3.98. The summed E-state index contributed by atoms with van der Waals surface area (Å²) < 4.78 is 1.45. The van der Waals surface area contributed by atoms with Gasteiger partial charge in [0.05, 0.1) is 5.69 Å². The van der Waals surface area contributed by atoms with Gasteiger partial charge in [0.15, 0.2) is 0 Å². The van der Waals surface area contributed by atoms with Gasteiger partial charge in [0.1, 0.15) is 11.3 Å². The van der Waals surface area contributed by atoms with Crippen molar-refractivity contribution in [2.45, 2.75) is 0 Å². The predicted octanol–water partition coefficient (Wildman–Crippen LogP) is 0.818. The van der Waals surface area contributed by atoms with Crippen molar-refractivity contribution in [1.29, 1.82) is 10.8 Å². The molecular formula is C11H11N5. The highest BCUT2D eigenvalue weighted by Crippen LogP contribution is 2.04. The van der Waals surface area contributed by atoms with E-state index in [2.05, 4.69) is 4.98 Å². The molecule has 16 heavy (non-hydrogen) atoms. The molecular weight excluding hydrogens is 202 g/mol. The van der Waals surface area contributed by atoms with Crippen LogP contribution in [0.1, 0.15) is 5.56 Å². The predicted molar refractivity (Wildman–Crippen MR) is 61.2 cm³/mol. The van der Waals surface area contributed by atoms with Crippen LogP contribution in [0.4, 0.5) is 5.69 Å². The van der Waals surface area contributed by atoms with Crippen LogP contribution in [0.15, 0.2) is 42.9 Å². The maximum Gasteiger partial charge on any atom is 0.139 e. The second-order valence-electron chi connectivity index (χ2n) is 3.31. The molecule has 0 radical (unpaired) electrons. The lowest BCUT2D eigenvalue weighted by atomic mass is 10.2. The van der Waals surface area contributed by atoms with E-state index in [1.807, 2.05) is 0 Å². The van der Waals surface area contributed by atoms with Crippen LogP contribution >= 0.6 is 0 Å². The molecule has 5 heteroatoms. The molecule has 0 aromatic carbocycles. The van der Waals surface area contributed by atoms with E-state index in [-0.39, 0.29) is 11.3 Å². The van der Waals surface area contributed by atoms with Crippen LogP contribution in [-0.4, -0.2) is 15.4 Å². The summed E-state index contributed by atoms with van der Waals surface area (Å²) in [6, 6.07) is 6.80. The largest absolute Gasteiger partial charge is 0.397 e. The monoisotopic (exact) mass is 213 g/mol. The smallest absolute Gasteiger partial charge is 0.139 e. The summed E-state index contributed by atoms with van der Waals surface area (Å²) in [4.78, 5) is 3.92. The maximum absolute atomic E-state index is 7.96. The average Bonchev–Trinajstić information content (AvgIpc) is 2.29. The molecule has 0 aliphatic heterocycles. The molecule has 0 aliphatic carbocycles. The van der Waals surface area contributed by atoms with E-state index >= 15 is 0 Å². The Labute approximate surface area is 92.2 Å². The van der Waals surface area contributed by atoms with Crippen LogP contribution in [0.3, 0.4) is 0 Å². The second-order valence-corrected chi connectivity index (χ2v) is 3.31. The summed E-state index contributed by atoms with van der Waals surface area (Å²) in [7, 11) is 0. The van der Waals surface area contributed by atoms with Gasteiger partial charge in [-0.05, 0) is 18.2 Å². The number of hydrogen-bond donors (Lipinski definition) is 3. The highest BCUT2D eigenvalue weighted by Gasteiger charge is 2.04. The number of pyridine rings is 2. The standard InChI is InChI=1S/C11H11N5/c12-9-5-8(6-15-7-9)11(14)16-4-2-1-3-10(16)13/h1-7,13-14H,12H2. The molecule has 0 saturated heterocycles. The van der Waals surface area contributed by atoms with E-state index in [0.717, 1.165) is 0 Å². The molecule has 0 unspecified atom stereocenters. The Balaban J connectivity index is 2.48. The fourth-order valence-corrected chi connectivity index (χ4v) is 1.36. The topological polar surface area (TPSA) is 91.5 Å². The normalized spacial score (nSPS) is 10.0. The van der Waals surface area contributed by atoms with E-state index in [4.69, 9.17) is 16.6 Å². The minimum absolute atomic E-state index is 0.186. The third-order valence-electron chi connectivity index (χ3n) is 2.13. The summed E-state index contributed by atoms with van der Waals surface area (Å²) >= 11 is 0. The number of anilines is 1. The van der Waals surface area contributed by atoms with E-state index in [1.165, 1.54) is 10.8 Å². The molecule has 80 valence electrons. The zero-order valence-electron chi connectivity index (χ0n) is 8.51. The molecule has 0 fully saturated rings. The lowest BCUT2D eigenvalue weighted by molar-refractivity contribution is 0.963. The van der Waals surface area contributed by atoms with Crippen molar-refractivity contribution in [3.05, 3.63) is 53.9 Å². The quantitative estimate of drug-likeness (QED) is 0.483. The van der Waals surface area contributed by atoms with Crippen LogP contribution < -0.4 is 11.2 Å². The summed E-state index contributed by atoms with van der Waals surface area (Å²) in [5.41, 5.74) is 6.94. The van der Waals surface area contributed by atoms with Crippen LogP contribution in [0.25, 0.3) is 0 Å². The molecule has 0 atom stereocenters. The molecule has 0 aliphatic rings. The number of hydrogen-bond acceptors (Lipinski definition) is 4. The van der Waals surface area contributed by atoms with Crippen molar-refractivity contribution in [3.8, 4) is 0 Å². The van der Waals surface area contributed by atoms with Crippen LogP contribution in [0.5, 0.6) is 0 Å². The zero-order chi connectivity index (χ0) is 11.5. The fraction of sp³-hybridized carbons (Fsp3) is 0. The first-order valence-corrected chi connectivity index (χ1v) is 4.70. The Morgan fingerprint density at radius 2 is 2.12 bits per heavy atom. The molecule has 0 spiro atoms. The van der Waals surface area contributed by atoms with Crippen molar-refractivity contribution in [3.63, 3.8) is 0 Å². The lowest BCUT2D eigenvalue weighted by Gasteiger charge is -2.08. The lowest BCUT2D eigenvalue weighted by Crippen LogP contribution is -2.26. The van der Waals surface area contributed by atoms with Gasteiger partial charge in [-0.25, -0.2) is 0 Å². The third kappa shape index (κ3) is 1.83. The van der Waals surface area contributed by atoms with Gasteiger partial charge >= 0.3 is 0 Å². The third-order valence-corrected chi connectivity index (χ3v) is 2.13. The highest BCUT2D eigenvalue weighted by atomic mass is 15.0. The summed E-state index contributed by atoms with van der Waals surface area (Å²) in [5.74, 6) is 0.186. The van der Waals surface area contributed by atoms with Gasteiger partial charge in [-0.2, -0.15) is 0 Å². The average molecular weight is 213 g/mol. The minimum atomic E-state index is 0.186. The molecule has 5 nitrogen and oxygen atoms in total. The van der Waals surface area contributed by atoms with Gasteiger partial charge in [-0.1, -0.05) is 6.07 Å². The van der Waals surface area contributed by atoms with Crippen molar-refractivity contribution in [2.24, 2.45) is 0 Å². The highest BCUT2D eigenvalue weighted by molar-refractivity contribution is 5.98. The number of nitrogens with zero attached hydrogens (tertiary/aromatic N) is 2. The van der Waals surface area contributed by atoms with E-state index in [0.29, 0.717) is 11.3 Å². The fourth-order valence-electron chi connectivity index (χ4n) is 1.36. The molecule has 0 amide bonds. The summed E-state index contributed by atoms with van der Waals surface area (Å²) in [6.07, 6.45) is 4.74. The SMILES string of the molecule is N=C(c1cncc(N)c1)n1ccccc1=N. The zero-order valence-corrected chi connectivity index (χ0v) is 8.51. The Morgan fingerprint density at radius 3 is 2.81 bits per heavy atom. The van der Waals surface area contributed by atoms with Gasteiger partial charge in [0.2, 0.25) is 0 Å². The minimum Gasteiger partial charge on any atom is -0.397 e. The van der Waals surface area contributed by atoms with Crippen LogP contribution in [-0.2, 0) is 0 Å². The number of rotatable bonds is 1.